The van der Waals surface area contributed by atoms with Crippen LogP contribution in [0.25, 0.3) is 0 Å². The van der Waals surface area contributed by atoms with Crippen LogP contribution in [0, 0.1) is 5.92 Å². The predicted octanol–water partition coefficient (Wildman–Crippen LogP) is 2.85. The maximum Gasteiger partial charge on any atom is 0.309 e. The van der Waals surface area contributed by atoms with E-state index >= 15 is 0 Å². The summed E-state index contributed by atoms with van der Waals surface area (Å²) in [6.45, 7) is 0.602. The quantitative estimate of drug-likeness (QED) is 0.669. The molecule has 0 aromatic carbocycles. The van der Waals surface area contributed by atoms with E-state index in [-0.39, 0.29) is 23.3 Å². The molecule has 2 heterocycles. The molecule has 2 rings (SSSR count). The minimum Gasteiger partial charge on any atom is -0.469 e. The summed E-state index contributed by atoms with van der Waals surface area (Å²) in [5.74, 6) is -0.736. The first-order valence-corrected chi connectivity index (χ1v) is 9.73. The van der Waals surface area contributed by atoms with E-state index in [1.54, 1.807) is 6.07 Å². The molecule has 1 unspecified atom stereocenters. The summed E-state index contributed by atoms with van der Waals surface area (Å²) < 4.78 is 32.6. The van der Waals surface area contributed by atoms with Crippen LogP contribution in [-0.4, -0.2) is 38.9 Å². The first-order chi connectivity index (χ1) is 9.36. The van der Waals surface area contributed by atoms with Gasteiger partial charge in [0.25, 0.3) is 0 Å². The summed E-state index contributed by atoms with van der Waals surface area (Å²) in [6.07, 6.45) is 1.31. The third-order valence-electron chi connectivity index (χ3n) is 3.16. The Hall–Kier alpha value is 0.0400. The van der Waals surface area contributed by atoms with Gasteiger partial charge in [-0.3, -0.25) is 4.79 Å². The Morgan fingerprint density at radius 3 is 2.75 bits per heavy atom. The van der Waals surface area contributed by atoms with Crippen molar-refractivity contribution in [2.45, 2.75) is 17.7 Å². The monoisotopic (exact) mass is 445 g/mol. The van der Waals surface area contributed by atoms with Gasteiger partial charge in [0.2, 0.25) is 10.0 Å². The van der Waals surface area contributed by atoms with Gasteiger partial charge in [-0.2, -0.15) is 4.31 Å². The third-order valence-corrected chi connectivity index (χ3v) is 7.78. The van der Waals surface area contributed by atoms with Crippen molar-refractivity contribution in [1.29, 1.82) is 0 Å². The number of carbonyl (C=O) groups is 1. The second-order valence-electron chi connectivity index (χ2n) is 4.41. The Kier molecular flexibility index (Phi) is 5.28. The number of thiophene rings is 1. The average molecular weight is 447 g/mol. The van der Waals surface area contributed by atoms with Gasteiger partial charge in [-0.05, 0) is 50.8 Å². The first-order valence-electron chi connectivity index (χ1n) is 5.89. The van der Waals surface area contributed by atoms with Crippen molar-refractivity contribution in [3.63, 3.8) is 0 Å². The standard InChI is InChI=1S/C11H13Br2NO4S2/c1-18-11(15)7-3-2-4-14(6-7)20(16,17)8-5-9(12)19-10(8)13/h5,7H,2-4,6H2,1H3. The zero-order valence-electron chi connectivity index (χ0n) is 10.6. The molecular formula is C11H13Br2NO4S2. The summed E-state index contributed by atoms with van der Waals surface area (Å²) in [5, 5.41) is 0. The number of sulfonamides is 1. The van der Waals surface area contributed by atoms with Crippen LogP contribution in [-0.2, 0) is 19.6 Å². The van der Waals surface area contributed by atoms with Gasteiger partial charge in [0.05, 0.1) is 20.6 Å². The minimum absolute atomic E-state index is 0.176. The maximum atomic E-state index is 12.6. The van der Waals surface area contributed by atoms with E-state index in [1.165, 1.54) is 22.8 Å². The van der Waals surface area contributed by atoms with Crippen LogP contribution in [0.3, 0.4) is 0 Å². The normalized spacial score (nSPS) is 20.9. The molecule has 1 aliphatic heterocycles. The van der Waals surface area contributed by atoms with E-state index in [4.69, 9.17) is 4.74 Å². The van der Waals surface area contributed by atoms with Gasteiger partial charge < -0.3 is 4.74 Å². The van der Waals surface area contributed by atoms with Crippen molar-refractivity contribution >= 4 is 59.2 Å². The minimum atomic E-state index is -3.59. The van der Waals surface area contributed by atoms with Gasteiger partial charge in [-0.15, -0.1) is 11.3 Å². The van der Waals surface area contributed by atoms with E-state index in [1.807, 2.05) is 0 Å². The lowest BCUT2D eigenvalue weighted by atomic mass is 10.0. The Labute approximate surface area is 138 Å². The summed E-state index contributed by atoms with van der Waals surface area (Å²) in [6, 6.07) is 1.58. The molecule has 112 valence electrons. The Morgan fingerprint density at radius 1 is 1.50 bits per heavy atom. The molecule has 0 N–H and O–H groups in total. The smallest absolute Gasteiger partial charge is 0.309 e. The number of ether oxygens (including phenoxy) is 1. The second-order valence-corrected chi connectivity index (χ2v) is 10.1. The van der Waals surface area contributed by atoms with E-state index in [2.05, 4.69) is 31.9 Å². The highest BCUT2D eigenvalue weighted by Gasteiger charge is 2.35. The van der Waals surface area contributed by atoms with Crippen LogP contribution < -0.4 is 0 Å². The molecule has 1 atom stereocenters. The second kappa shape index (κ2) is 6.43. The maximum absolute atomic E-state index is 12.6. The first kappa shape index (κ1) is 16.4. The van der Waals surface area contributed by atoms with Crippen LogP contribution in [0.2, 0.25) is 0 Å². The van der Waals surface area contributed by atoms with Crippen molar-refractivity contribution < 1.29 is 17.9 Å². The number of hydrogen-bond donors (Lipinski definition) is 0. The predicted molar refractivity (Wildman–Crippen MR) is 83.2 cm³/mol. The molecular weight excluding hydrogens is 434 g/mol. The fourth-order valence-corrected chi connectivity index (χ4v) is 7.45. The van der Waals surface area contributed by atoms with Gasteiger partial charge in [0.1, 0.15) is 4.90 Å². The largest absolute Gasteiger partial charge is 0.469 e. The average Bonchev–Trinajstić information content (AvgIpc) is 2.77. The van der Waals surface area contributed by atoms with Gasteiger partial charge in [0.15, 0.2) is 0 Å². The lowest BCUT2D eigenvalue weighted by Crippen LogP contribution is -2.42. The van der Waals surface area contributed by atoms with E-state index in [0.717, 1.165) is 3.79 Å². The number of rotatable bonds is 3. The van der Waals surface area contributed by atoms with Crippen molar-refractivity contribution in [2.24, 2.45) is 5.92 Å². The van der Waals surface area contributed by atoms with E-state index in [9.17, 15) is 13.2 Å². The number of halogens is 2. The van der Waals surface area contributed by atoms with Crippen LogP contribution >= 0.6 is 43.2 Å². The molecule has 1 aliphatic rings. The fraction of sp³-hybridized carbons (Fsp3) is 0.545. The van der Waals surface area contributed by atoms with Crippen LogP contribution in [0.15, 0.2) is 18.5 Å². The fourth-order valence-electron chi connectivity index (χ4n) is 2.16. The lowest BCUT2D eigenvalue weighted by Gasteiger charge is -2.30. The van der Waals surface area contributed by atoms with E-state index < -0.39 is 10.0 Å². The molecule has 1 saturated heterocycles. The molecule has 0 radical (unpaired) electrons. The van der Waals surface area contributed by atoms with Gasteiger partial charge in [0, 0.05) is 13.1 Å². The molecule has 0 amide bonds. The zero-order chi connectivity index (χ0) is 14.9. The molecule has 0 aliphatic carbocycles. The third kappa shape index (κ3) is 3.27. The van der Waals surface area contributed by atoms with Crippen LogP contribution in [0.4, 0.5) is 0 Å². The lowest BCUT2D eigenvalue weighted by molar-refractivity contribution is -0.146. The number of nitrogens with zero attached hydrogens (tertiary/aromatic N) is 1. The Morgan fingerprint density at radius 2 is 2.20 bits per heavy atom. The number of piperidine rings is 1. The number of esters is 1. The number of carbonyl (C=O) groups excluding carboxylic acids is 1. The summed E-state index contributed by atoms with van der Waals surface area (Å²) in [7, 11) is -2.27. The molecule has 1 fully saturated rings. The summed E-state index contributed by atoms with van der Waals surface area (Å²) in [4.78, 5) is 11.8. The van der Waals surface area contributed by atoms with Gasteiger partial charge >= 0.3 is 5.97 Å². The summed E-state index contributed by atoms with van der Waals surface area (Å²) in [5.41, 5.74) is 0. The topological polar surface area (TPSA) is 63.7 Å². The van der Waals surface area contributed by atoms with Crippen molar-refractivity contribution in [2.75, 3.05) is 20.2 Å². The summed E-state index contributed by atoms with van der Waals surface area (Å²) >= 11 is 7.85. The van der Waals surface area contributed by atoms with Crippen molar-refractivity contribution in [3.05, 3.63) is 13.6 Å². The molecule has 0 bridgehead atoms. The highest BCUT2D eigenvalue weighted by Crippen LogP contribution is 2.37. The number of hydrogen-bond acceptors (Lipinski definition) is 5. The molecule has 9 heteroatoms. The van der Waals surface area contributed by atoms with E-state index in [0.29, 0.717) is 23.2 Å². The number of methoxy groups -OCH3 is 1. The molecule has 0 saturated carbocycles. The Bertz CT molecular complexity index is 614. The van der Waals surface area contributed by atoms with Crippen molar-refractivity contribution in [3.8, 4) is 0 Å². The van der Waals surface area contributed by atoms with Gasteiger partial charge in [-0.1, -0.05) is 0 Å². The highest BCUT2D eigenvalue weighted by molar-refractivity contribution is 9.12. The molecule has 20 heavy (non-hydrogen) atoms. The Balaban J connectivity index is 2.26. The highest BCUT2D eigenvalue weighted by atomic mass is 79.9. The molecule has 0 spiro atoms. The molecule has 1 aromatic rings. The van der Waals surface area contributed by atoms with Gasteiger partial charge in [-0.25, -0.2) is 8.42 Å². The molecule has 5 nitrogen and oxygen atoms in total. The molecule has 1 aromatic heterocycles. The van der Waals surface area contributed by atoms with Crippen LogP contribution in [0.1, 0.15) is 12.8 Å². The SMILES string of the molecule is COC(=O)C1CCCN(S(=O)(=O)c2cc(Br)sc2Br)C1. The zero-order valence-corrected chi connectivity index (χ0v) is 15.4. The van der Waals surface area contributed by atoms with Crippen LogP contribution in [0.5, 0.6) is 0 Å². The van der Waals surface area contributed by atoms with Crippen molar-refractivity contribution in [1.82, 2.24) is 4.31 Å².